The molecule has 2 rings (SSSR count). The summed E-state index contributed by atoms with van der Waals surface area (Å²) in [4.78, 5) is 6.68. The van der Waals surface area contributed by atoms with Crippen molar-refractivity contribution in [3.63, 3.8) is 0 Å². The van der Waals surface area contributed by atoms with Gasteiger partial charge in [0, 0.05) is 32.2 Å². The van der Waals surface area contributed by atoms with Crippen LogP contribution in [0, 0.1) is 0 Å². The van der Waals surface area contributed by atoms with E-state index in [2.05, 4.69) is 25.4 Å². The molecule has 2 aromatic rings. The van der Waals surface area contributed by atoms with E-state index in [1.807, 2.05) is 49.9 Å². The average Bonchev–Trinajstić information content (AvgIpc) is 2.91. The largest absolute Gasteiger partial charge is 0.357 e. The van der Waals surface area contributed by atoms with Crippen molar-refractivity contribution in [2.45, 2.75) is 20.0 Å². The van der Waals surface area contributed by atoms with Crippen LogP contribution in [0.15, 0.2) is 35.6 Å². The van der Waals surface area contributed by atoms with Crippen molar-refractivity contribution >= 4 is 17.6 Å². The van der Waals surface area contributed by atoms with Gasteiger partial charge in [-0.15, -0.1) is 10.2 Å². The molecule has 0 atom stereocenters. The number of hydrogen-bond donors (Lipinski definition) is 1. The zero-order valence-electron chi connectivity index (χ0n) is 13.1. The number of nitrogens with one attached hydrogen (secondary N) is 1. The van der Waals surface area contributed by atoms with Gasteiger partial charge in [-0.25, -0.2) is 4.99 Å². The van der Waals surface area contributed by atoms with Gasteiger partial charge in [-0.1, -0.05) is 23.7 Å². The Balaban J connectivity index is 2.05. The highest BCUT2D eigenvalue weighted by molar-refractivity contribution is 6.30. The Bertz CT molecular complexity index is 619. The lowest BCUT2D eigenvalue weighted by Crippen LogP contribution is -2.38. The molecule has 0 aliphatic carbocycles. The van der Waals surface area contributed by atoms with Crippen molar-refractivity contribution < 1.29 is 0 Å². The van der Waals surface area contributed by atoms with E-state index in [4.69, 9.17) is 11.6 Å². The van der Waals surface area contributed by atoms with Crippen LogP contribution in [0.25, 0.3) is 0 Å². The van der Waals surface area contributed by atoms with Gasteiger partial charge in [0.15, 0.2) is 11.8 Å². The SMILES string of the molecule is CCNC(=NCc1nncn1C)N(C)Cc1ccc(Cl)cc1. The number of benzene rings is 1. The Labute approximate surface area is 135 Å². The average molecular weight is 321 g/mol. The van der Waals surface area contributed by atoms with Crippen LogP contribution in [0.4, 0.5) is 0 Å². The summed E-state index contributed by atoms with van der Waals surface area (Å²) in [6.07, 6.45) is 1.68. The molecule has 0 radical (unpaired) electrons. The lowest BCUT2D eigenvalue weighted by atomic mass is 10.2. The summed E-state index contributed by atoms with van der Waals surface area (Å²) >= 11 is 5.92. The highest BCUT2D eigenvalue weighted by Crippen LogP contribution is 2.11. The number of nitrogens with zero attached hydrogens (tertiary/aromatic N) is 5. The highest BCUT2D eigenvalue weighted by atomic mass is 35.5. The fraction of sp³-hybridized carbons (Fsp3) is 0.400. The van der Waals surface area contributed by atoms with Crippen LogP contribution in [-0.4, -0.2) is 39.2 Å². The smallest absolute Gasteiger partial charge is 0.194 e. The van der Waals surface area contributed by atoms with E-state index < -0.39 is 0 Å². The van der Waals surface area contributed by atoms with E-state index >= 15 is 0 Å². The van der Waals surface area contributed by atoms with E-state index in [-0.39, 0.29) is 0 Å². The number of aliphatic imine (C=N–C) groups is 1. The van der Waals surface area contributed by atoms with Crippen molar-refractivity contribution in [1.29, 1.82) is 0 Å². The van der Waals surface area contributed by atoms with Crippen LogP contribution in [0.1, 0.15) is 18.3 Å². The standard InChI is InChI=1S/C15H21ClN6/c1-4-17-15(18-9-14-20-19-11-22(14)3)21(2)10-12-5-7-13(16)8-6-12/h5-8,11H,4,9-10H2,1-3H3,(H,17,18). The minimum Gasteiger partial charge on any atom is -0.357 e. The molecule has 22 heavy (non-hydrogen) atoms. The van der Waals surface area contributed by atoms with Gasteiger partial charge in [-0.2, -0.15) is 0 Å². The summed E-state index contributed by atoms with van der Waals surface area (Å²) in [6, 6.07) is 7.83. The molecule has 0 saturated carbocycles. The van der Waals surface area contributed by atoms with E-state index in [1.165, 1.54) is 5.56 Å². The molecule has 0 saturated heterocycles. The van der Waals surface area contributed by atoms with Crippen LogP contribution in [0.3, 0.4) is 0 Å². The molecular formula is C15H21ClN6. The normalized spacial score (nSPS) is 11.5. The summed E-state index contributed by atoms with van der Waals surface area (Å²) in [5.74, 6) is 1.66. The number of guanidine groups is 1. The fourth-order valence-corrected chi connectivity index (χ4v) is 2.13. The second-order valence-corrected chi connectivity index (χ2v) is 5.45. The first-order valence-electron chi connectivity index (χ1n) is 7.17. The Hall–Kier alpha value is -2.08. The molecule has 7 heteroatoms. The van der Waals surface area contributed by atoms with E-state index in [0.29, 0.717) is 6.54 Å². The molecule has 0 aliphatic rings. The molecule has 0 unspecified atom stereocenters. The van der Waals surface area contributed by atoms with Gasteiger partial charge in [-0.05, 0) is 24.6 Å². The molecule has 0 aliphatic heterocycles. The summed E-state index contributed by atoms with van der Waals surface area (Å²) in [5.41, 5.74) is 1.18. The first kappa shape index (κ1) is 16.3. The number of halogens is 1. The van der Waals surface area contributed by atoms with Gasteiger partial charge in [0.25, 0.3) is 0 Å². The Morgan fingerprint density at radius 2 is 2.09 bits per heavy atom. The molecule has 1 aromatic carbocycles. The fourth-order valence-electron chi connectivity index (χ4n) is 2.00. The topological polar surface area (TPSA) is 58.3 Å². The molecule has 1 heterocycles. The minimum atomic E-state index is 0.490. The number of aromatic nitrogens is 3. The number of rotatable bonds is 5. The summed E-state index contributed by atoms with van der Waals surface area (Å²) in [5, 5.41) is 11.9. The second kappa shape index (κ2) is 7.79. The lowest BCUT2D eigenvalue weighted by molar-refractivity contribution is 0.476. The van der Waals surface area contributed by atoms with E-state index in [9.17, 15) is 0 Å². The highest BCUT2D eigenvalue weighted by Gasteiger charge is 2.07. The first-order valence-corrected chi connectivity index (χ1v) is 7.54. The van der Waals surface area contributed by atoms with Crippen LogP contribution >= 0.6 is 11.6 Å². The van der Waals surface area contributed by atoms with Crippen LogP contribution in [0.2, 0.25) is 5.02 Å². The summed E-state index contributed by atoms with van der Waals surface area (Å²) < 4.78 is 1.87. The molecule has 0 fully saturated rings. The second-order valence-electron chi connectivity index (χ2n) is 5.01. The predicted octanol–water partition coefficient (Wildman–Crippen LogP) is 2.07. The van der Waals surface area contributed by atoms with E-state index in [1.54, 1.807) is 6.33 Å². The maximum atomic E-state index is 5.92. The molecular weight excluding hydrogens is 300 g/mol. The third-order valence-electron chi connectivity index (χ3n) is 3.20. The quantitative estimate of drug-likeness (QED) is 0.677. The van der Waals surface area contributed by atoms with E-state index in [0.717, 1.165) is 29.9 Å². The van der Waals surface area contributed by atoms with Gasteiger partial charge < -0.3 is 14.8 Å². The monoisotopic (exact) mass is 320 g/mol. The molecule has 0 spiro atoms. The van der Waals surface area contributed by atoms with Crippen LogP contribution < -0.4 is 5.32 Å². The lowest BCUT2D eigenvalue weighted by Gasteiger charge is -2.22. The molecule has 118 valence electrons. The third-order valence-corrected chi connectivity index (χ3v) is 3.46. The van der Waals surface area contributed by atoms with Gasteiger partial charge in [-0.3, -0.25) is 0 Å². The van der Waals surface area contributed by atoms with Gasteiger partial charge in [0.1, 0.15) is 12.9 Å². The maximum Gasteiger partial charge on any atom is 0.194 e. The Morgan fingerprint density at radius 3 is 2.68 bits per heavy atom. The molecule has 0 bridgehead atoms. The number of hydrogen-bond acceptors (Lipinski definition) is 3. The Morgan fingerprint density at radius 1 is 1.36 bits per heavy atom. The molecule has 1 aromatic heterocycles. The summed E-state index contributed by atoms with van der Waals surface area (Å²) in [6.45, 7) is 4.10. The minimum absolute atomic E-state index is 0.490. The first-order chi connectivity index (χ1) is 10.6. The molecule has 0 amide bonds. The third kappa shape index (κ3) is 4.46. The number of aryl methyl sites for hydroxylation is 1. The van der Waals surface area contributed by atoms with Crippen molar-refractivity contribution in [2.75, 3.05) is 13.6 Å². The Kier molecular flexibility index (Phi) is 5.77. The van der Waals surface area contributed by atoms with Gasteiger partial charge in [0.05, 0.1) is 0 Å². The molecule has 6 nitrogen and oxygen atoms in total. The van der Waals surface area contributed by atoms with Gasteiger partial charge >= 0.3 is 0 Å². The molecule has 1 N–H and O–H groups in total. The zero-order chi connectivity index (χ0) is 15.9. The van der Waals surface area contributed by atoms with Crippen molar-refractivity contribution in [3.8, 4) is 0 Å². The van der Waals surface area contributed by atoms with Crippen molar-refractivity contribution in [3.05, 3.63) is 47.0 Å². The van der Waals surface area contributed by atoms with Crippen LogP contribution in [0.5, 0.6) is 0 Å². The van der Waals surface area contributed by atoms with Crippen LogP contribution in [-0.2, 0) is 20.1 Å². The maximum absolute atomic E-state index is 5.92. The predicted molar refractivity (Wildman–Crippen MR) is 88.7 cm³/mol. The summed E-state index contributed by atoms with van der Waals surface area (Å²) in [7, 11) is 3.92. The zero-order valence-corrected chi connectivity index (χ0v) is 13.9. The van der Waals surface area contributed by atoms with Crippen molar-refractivity contribution in [1.82, 2.24) is 25.0 Å². The van der Waals surface area contributed by atoms with Gasteiger partial charge in [0.2, 0.25) is 0 Å². The van der Waals surface area contributed by atoms with Crippen molar-refractivity contribution in [2.24, 2.45) is 12.0 Å².